The van der Waals surface area contributed by atoms with Crippen LogP contribution in [0, 0.1) is 18.6 Å². The van der Waals surface area contributed by atoms with Crippen molar-refractivity contribution in [3.8, 4) is 5.75 Å². The summed E-state index contributed by atoms with van der Waals surface area (Å²) < 4.78 is 31.6. The van der Waals surface area contributed by atoms with Crippen LogP contribution >= 0.6 is 0 Å². The van der Waals surface area contributed by atoms with Gasteiger partial charge in [-0.05, 0) is 13.0 Å². The van der Waals surface area contributed by atoms with E-state index in [1.165, 1.54) is 7.11 Å². The van der Waals surface area contributed by atoms with Crippen LogP contribution in [0.3, 0.4) is 0 Å². The van der Waals surface area contributed by atoms with Crippen molar-refractivity contribution in [3.63, 3.8) is 0 Å². The summed E-state index contributed by atoms with van der Waals surface area (Å²) in [6.45, 7) is 1.74. The maximum Gasteiger partial charge on any atom is 0.174 e. The van der Waals surface area contributed by atoms with E-state index in [9.17, 15) is 8.78 Å². The second-order valence-corrected chi connectivity index (χ2v) is 3.12. The van der Waals surface area contributed by atoms with Crippen molar-refractivity contribution in [3.05, 3.63) is 29.5 Å². The van der Waals surface area contributed by atoms with Gasteiger partial charge in [-0.1, -0.05) is 0 Å². The topological polar surface area (TPSA) is 25.0 Å². The summed E-state index contributed by atoms with van der Waals surface area (Å²) in [4.78, 5) is 2.75. The van der Waals surface area contributed by atoms with Crippen molar-refractivity contribution in [1.29, 1.82) is 0 Å². The molecule has 74 valence electrons. The quantitative estimate of drug-likeness (QED) is 0.747. The van der Waals surface area contributed by atoms with Gasteiger partial charge in [-0.3, -0.25) is 0 Å². The number of hydrogen-bond acceptors (Lipinski definition) is 1. The molecule has 4 heteroatoms. The van der Waals surface area contributed by atoms with Gasteiger partial charge >= 0.3 is 0 Å². The van der Waals surface area contributed by atoms with E-state index in [0.29, 0.717) is 5.69 Å². The standard InChI is InChI=1S/C10H9F2NO/c1-5-3-6-9(12)8(14-2)4-7(11)10(6)13-5/h3-4,13H,1-2H3. The Kier molecular flexibility index (Phi) is 1.91. The molecule has 0 amide bonds. The smallest absolute Gasteiger partial charge is 0.174 e. The van der Waals surface area contributed by atoms with Gasteiger partial charge in [-0.15, -0.1) is 0 Å². The molecule has 0 bridgehead atoms. The van der Waals surface area contributed by atoms with E-state index >= 15 is 0 Å². The lowest BCUT2D eigenvalue weighted by Gasteiger charge is -2.02. The minimum Gasteiger partial charge on any atom is -0.494 e. The Labute approximate surface area is 79.5 Å². The van der Waals surface area contributed by atoms with E-state index in [-0.39, 0.29) is 16.7 Å². The van der Waals surface area contributed by atoms with Crippen molar-refractivity contribution in [2.24, 2.45) is 0 Å². The van der Waals surface area contributed by atoms with Gasteiger partial charge in [0.1, 0.15) is 0 Å². The van der Waals surface area contributed by atoms with Crippen molar-refractivity contribution in [2.45, 2.75) is 6.92 Å². The second-order valence-electron chi connectivity index (χ2n) is 3.12. The third kappa shape index (κ3) is 1.14. The van der Waals surface area contributed by atoms with Crippen LogP contribution in [0.5, 0.6) is 5.75 Å². The second kappa shape index (κ2) is 2.97. The Bertz CT molecular complexity index is 490. The molecule has 0 fully saturated rings. The molecule has 0 atom stereocenters. The van der Waals surface area contributed by atoms with E-state index in [1.54, 1.807) is 13.0 Å². The molecule has 1 aromatic carbocycles. The summed E-state index contributed by atoms with van der Waals surface area (Å²) in [6.07, 6.45) is 0. The molecule has 0 aliphatic carbocycles. The minimum absolute atomic E-state index is 0.0750. The molecule has 1 N–H and O–H groups in total. The van der Waals surface area contributed by atoms with Crippen LogP contribution in [-0.4, -0.2) is 12.1 Å². The number of methoxy groups -OCH3 is 1. The first-order valence-corrected chi connectivity index (χ1v) is 4.15. The maximum atomic E-state index is 13.6. The molecule has 1 heterocycles. The zero-order chi connectivity index (χ0) is 10.3. The van der Waals surface area contributed by atoms with Gasteiger partial charge in [-0.25, -0.2) is 8.78 Å². The van der Waals surface area contributed by atoms with E-state index in [4.69, 9.17) is 4.74 Å². The summed E-state index contributed by atoms with van der Waals surface area (Å²) in [5.74, 6) is -1.12. The highest BCUT2D eigenvalue weighted by Crippen LogP contribution is 2.28. The average Bonchev–Trinajstić information content (AvgIpc) is 2.54. The van der Waals surface area contributed by atoms with Gasteiger partial charge in [0.2, 0.25) is 0 Å². The Hall–Kier alpha value is -1.58. The molecule has 0 aliphatic heterocycles. The number of aromatic nitrogens is 1. The summed E-state index contributed by atoms with van der Waals surface area (Å²) >= 11 is 0. The Morgan fingerprint density at radius 1 is 1.29 bits per heavy atom. The van der Waals surface area contributed by atoms with Gasteiger partial charge in [0.15, 0.2) is 17.4 Å². The normalized spacial score (nSPS) is 10.9. The van der Waals surface area contributed by atoms with Gasteiger partial charge < -0.3 is 9.72 Å². The molecule has 0 unspecified atom stereocenters. The predicted octanol–water partition coefficient (Wildman–Crippen LogP) is 2.76. The number of H-pyrrole nitrogens is 1. The predicted molar refractivity (Wildman–Crippen MR) is 49.5 cm³/mol. The minimum atomic E-state index is -0.534. The van der Waals surface area contributed by atoms with Gasteiger partial charge in [-0.2, -0.15) is 0 Å². The first-order chi connectivity index (χ1) is 6.63. The lowest BCUT2D eigenvalue weighted by molar-refractivity contribution is 0.386. The molecular weight excluding hydrogens is 188 g/mol. The highest BCUT2D eigenvalue weighted by Gasteiger charge is 2.14. The molecular formula is C10H9F2NO. The molecule has 2 rings (SSSR count). The van der Waals surface area contributed by atoms with Crippen molar-refractivity contribution >= 4 is 10.9 Å². The first-order valence-electron chi connectivity index (χ1n) is 4.15. The number of rotatable bonds is 1. The van der Waals surface area contributed by atoms with Crippen LogP contribution < -0.4 is 4.74 Å². The van der Waals surface area contributed by atoms with E-state index in [2.05, 4.69) is 4.98 Å². The fourth-order valence-electron chi connectivity index (χ4n) is 1.48. The third-order valence-corrected chi connectivity index (χ3v) is 2.12. The van der Waals surface area contributed by atoms with Crippen LogP contribution in [0.4, 0.5) is 8.78 Å². The molecule has 2 aromatic rings. The maximum absolute atomic E-state index is 13.6. The molecule has 0 saturated carbocycles. The average molecular weight is 197 g/mol. The summed E-state index contributed by atoms with van der Waals surface area (Å²) in [5.41, 5.74) is 0.895. The van der Waals surface area contributed by atoms with Crippen molar-refractivity contribution < 1.29 is 13.5 Å². The molecule has 1 aromatic heterocycles. The summed E-state index contributed by atoms with van der Waals surface area (Å²) in [7, 11) is 1.31. The number of ether oxygens (including phenoxy) is 1. The highest BCUT2D eigenvalue weighted by atomic mass is 19.1. The molecule has 0 spiro atoms. The van der Waals surface area contributed by atoms with Gasteiger partial charge in [0, 0.05) is 17.1 Å². The lowest BCUT2D eigenvalue weighted by Crippen LogP contribution is -1.90. The highest BCUT2D eigenvalue weighted by molar-refractivity contribution is 5.83. The molecule has 0 saturated heterocycles. The number of benzene rings is 1. The molecule has 0 radical (unpaired) electrons. The molecule has 2 nitrogen and oxygen atoms in total. The first kappa shape index (κ1) is 8.99. The van der Waals surface area contributed by atoms with Gasteiger partial charge in [0.05, 0.1) is 12.6 Å². The number of aromatic amines is 1. The fourth-order valence-corrected chi connectivity index (χ4v) is 1.48. The summed E-state index contributed by atoms with van der Waals surface area (Å²) in [5, 5.41) is 0.222. The van der Waals surface area contributed by atoms with Crippen LogP contribution in [0.15, 0.2) is 12.1 Å². The largest absolute Gasteiger partial charge is 0.494 e. The molecule has 0 aliphatic rings. The van der Waals surface area contributed by atoms with Crippen LogP contribution in [-0.2, 0) is 0 Å². The number of hydrogen-bond donors (Lipinski definition) is 1. The van der Waals surface area contributed by atoms with E-state index in [0.717, 1.165) is 6.07 Å². The summed E-state index contributed by atoms with van der Waals surface area (Å²) in [6, 6.07) is 2.59. The van der Waals surface area contributed by atoms with Crippen LogP contribution in [0.25, 0.3) is 10.9 Å². The number of halogens is 2. The van der Waals surface area contributed by atoms with Crippen LogP contribution in [0.2, 0.25) is 0 Å². The third-order valence-electron chi connectivity index (χ3n) is 2.12. The van der Waals surface area contributed by atoms with Gasteiger partial charge in [0.25, 0.3) is 0 Å². The monoisotopic (exact) mass is 197 g/mol. The lowest BCUT2D eigenvalue weighted by atomic mass is 10.2. The zero-order valence-corrected chi connectivity index (χ0v) is 7.82. The Morgan fingerprint density at radius 2 is 2.00 bits per heavy atom. The number of nitrogens with one attached hydrogen (secondary N) is 1. The molecule has 14 heavy (non-hydrogen) atoms. The number of fused-ring (bicyclic) bond motifs is 1. The Morgan fingerprint density at radius 3 is 2.64 bits per heavy atom. The fraction of sp³-hybridized carbons (Fsp3) is 0.200. The van der Waals surface area contributed by atoms with E-state index < -0.39 is 11.6 Å². The Balaban J connectivity index is 2.86. The SMILES string of the molecule is COc1cc(F)c2[nH]c(C)cc2c1F. The van der Waals surface area contributed by atoms with Crippen molar-refractivity contribution in [2.75, 3.05) is 7.11 Å². The zero-order valence-electron chi connectivity index (χ0n) is 7.82. The van der Waals surface area contributed by atoms with Crippen molar-refractivity contribution in [1.82, 2.24) is 4.98 Å². The number of aryl methyl sites for hydroxylation is 1. The van der Waals surface area contributed by atoms with E-state index in [1.807, 2.05) is 0 Å². The van der Waals surface area contributed by atoms with Crippen LogP contribution in [0.1, 0.15) is 5.69 Å².